The van der Waals surface area contributed by atoms with Gasteiger partial charge in [0.1, 0.15) is 14.7 Å². The van der Waals surface area contributed by atoms with E-state index < -0.39 is 0 Å². The van der Waals surface area contributed by atoms with Crippen molar-refractivity contribution in [3.8, 4) is 28.2 Å². The molecule has 3 nitrogen and oxygen atoms in total. The first-order chi connectivity index (χ1) is 14.5. The maximum atomic E-state index is 12.6. The third-order valence-corrected chi connectivity index (χ3v) is 8.95. The van der Waals surface area contributed by atoms with E-state index >= 15 is 0 Å². The molecule has 2 aromatic carbocycles. The first kappa shape index (κ1) is 23.7. The van der Waals surface area contributed by atoms with E-state index in [-0.39, 0.29) is 41.5 Å². The van der Waals surface area contributed by atoms with Gasteiger partial charge in [-0.2, -0.15) is 0 Å². The number of fused-ring (bicyclic) bond motifs is 2. The van der Waals surface area contributed by atoms with Gasteiger partial charge in [0.05, 0.1) is 24.6 Å². The molecule has 0 spiro atoms. The Labute approximate surface area is 222 Å². The minimum absolute atomic E-state index is 0.0205. The minimum Gasteiger partial charge on any atom is -0.506 e. The van der Waals surface area contributed by atoms with Crippen LogP contribution in [0, 0.1) is 13.8 Å². The van der Waals surface area contributed by atoms with E-state index in [4.69, 9.17) is 50.8 Å². The van der Waals surface area contributed by atoms with Crippen molar-refractivity contribution in [2.75, 3.05) is 0 Å². The molecule has 0 aromatic heterocycles. The third kappa shape index (κ3) is 3.54. The van der Waals surface area contributed by atoms with Crippen LogP contribution in [0.2, 0.25) is 20.1 Å². The Morgan fingerprint density at radius 1 is 0.871 bits per heavy atom. The summed E-state index contributed by atoms with van der Waals surface area (Å²) in [5, 5.41) is 11.8. The summed E-state index contributed by atoms with van der Waals surface area (Å²) in [6, 6.07) is 3.43. The number of benzene rings is 3. The van der Waals surface area contributed by atoms with Gasteiger partial charge < -0.3 is 9.52 Å². The lowest BCUT2D eigenvalue weighted by Crippen LogP contribution is -2.07. The van der Waals surface area contributed by atoms with Crippen molar-refractivity contribution in [1.29, 1.82) is 0 Å². The lowest BCUT2D eigenvalue weighted by Gasteiger charge is -2.21. The predicted molar refractivity (Wildman–Crippen MR) is 139 cm³/mol. The second kappa shape index (κ2) is 8.39. The van der Waals surface area contributed by atoms with E-state index in [1.165, 1.54) is 0 Å². The second-order valence-electron chi connectivity index (χ2n) is 6.84. The summed E-state index contributed by atoms with van der Waals surface area (Å²) in [5.41, 5.74) is 3.01. The van der Waals surface area contributed by atoms with E-state index in [1.807, 2.05) is 0 Å². The summed E-state index contributed by atoms with van der Waals surface area (Å²) in [5.74, 6) is 0.296. The van der Waals surface area contributed by atoms with E-state index in [0.29, 0.717) is 47.7 Å². The number of phenols is 1. The Balaban J connectivity index is 2.39. The summed E-state index contributed by atoms with van der Waals surface area (Å²) in [6.45, 7) is 3.54. The van der Waals surface area contributed by atoms with Gasteiger partial charge >= 0.3 is 0 Å². The molecular formula is C21H9Br3Cl4O3. The zero-order chi connectivity index (χ0) is 22.9. The first-order valence-electron chi connectivity index (χ1n) is 8.56. The van der Waals surface area contributed by atoms with Crippen LogP contribution in [0.3, 0.4) is 0 Å². The van der Waals surface area contributed by atoms with Gasteiger partial charge in [-0.25, -0.2) is 0 Å². The number of aryl methyl sites for hydroxylation is 1. The molecular weight excluding hydrogens is 682 g/mol. The molecule has 0 atom stereocenters. The Morgan fingerprint density at radius 2 is 1.48 bits per heavy atom. The largest absolute Gasteiger partial charge is 0.506 e. The molecule has 0 radical (unpaired) electrons. The summed E-state index contributed by atoms with van der Waals surface area (Å²) >= 11 is 35.9. The molecule has 1 aliphatic carbocycles. The monoisotopic (exact) mass is 686 g/mol. The van der Waals surface area contributed by atoms with Gasteiger partial charge in [-0.15, -0.1) is 0 Å². The molecule has 2 aliphatic rings. The van der Waals surface area contributed by atoms with Gasteiger partial charge in [0.15, 0.2) is 11.3 Å². The average Bonchev–Trinajstić information content (AvgIpc) is 2.74. The summed E-state index contributed by atoms with van der Waals surface area (Å²) in [7, 11) is 0. The van der Waals surface area contributed by atoms with Crippen molar-refractivity contribution in [3.05, 3.63) is 67.0 Å². The van der Waals surface area contributed by atoms with E-state index in [2.05, 4.69) is 47.8 Å². The van der Waals surface area contributed by atoms with Crippen molar-refractivity contribution in [2.24, 2.45) is 0 Å². The molecule has 0 unspecified atom stereocenters. The fraction of sp³-hybridized carbons (Fsp3) is 0.0952. The van der Waals surface area contributed by atoms with Crippen LogP contribution < -0.4 is 5.43 Å². The van der Waals surface area contributed by atoms with Gasteiger partial charge in [-0.3, -0.25) is 4.79 Å². The standard InChI is InChI=1S/C21H9Br3Cl4O3/c1-5-3-7-11(10-6(2)14(25)16(27)17(28)15(10)26)8-4-9(22)19(30)13(24)21(8)31-20(7)12(23)18(5)29/h3-4,29H,1-2H3. The van der Waals surface area contributed by atoms with Crippen LogP contribution in [0.15, 0.2) is 34.8 Å². The number of hydrogen-bond donors (Lipinski definition) is 1. The Bertz CT molecular complexity index is 1430. The van der Waals surface area contributed by atoms with E-state index in [1.54, 1.807) is 26.0 Å². The lowest BCUT2D eigenvalue weighted by molar-refractivity contribution is 0.466. The minimum atomic E-state index is -0.288. The van der Waals surface area contributed by atoms with Crippen LogP contribution in [0.4, 0.5) is 0 Å². The number of phenolic OH excluding ortho intramolecular Hbond substituents is 1. The number of rotatable bonds is 1. The van der Waals surface area contributed by atoms with Gasteiger partial charge in [-0.1, -0.05) is 46.4 Å². The average molecular weight is 691 g/mol. The van der Waals surface area contributed by atoms with Gasteiger partial charge in [-0.05, 0) is 84.9 Å². The lowest BCUT2D eigenvalue weighted by atomic mass is 9.90. The smallest absolute Gasteiger partial charge is 0.210 e. The zero-order valence-corrected chi connectivity index (χ0v) is 23.3. The molecule has 4 rings (SSSR count). The number of halogens is 7. The van der Waals surface area contributed by atoms with Crippen LogP contribution in [0.25, 0.3) is 33.4 Å². The second-order valence-corrected chi connectivity index (χ2v) is 10.8. The molecule has 0 bridgehead atoms. The van der Waals surface area contributed by atoms with Gasteiger partial charge in [0.2, 0.25) is 5.43 Å². The van der Waals surface area contributed by atoms with Crippen LogP contribution in [0.1, 0.15) is 11.1 Å². The molecule has 0 amide bonds. The fourth-order valence-corrected chi connectivity index (χ4v) is 6.31. The van der Waals surface area contributed by atoms with Crippen molar-refractivity contribution in [3.63, 3.8) is 0 Å². The Hall–Kier alpha value is -0.470. The van der Waals surface area contributed by atoms with Crippen LogP contribution in [-0.2, 0) is 0 Å². The molecule has 1 N–H and O–H groups in total. The van der Waals surface area contributed by atoms with Crippen molar-refractivity contribution in [1.82, 2.24) is 0 Å². The summed E-state index contributed by atoms with van der Waals surface area (Å²) in [6.07, 6.45) is 0. The molecule has 0 saturated heterocycles. The van der Waals surface area contributed by atoms with Crippen LogP contribution in [-0.4, -0.2) is 5.11 Å². The molecule has 160 valence electrons. The highest BCUT2D eigenvalue weighted by molar-refractivity contribution is 9.11. The number of aromatic hydroxyl groups is 1. The molecule has 31 heavy (non-hydrogen) atoms. The highest BCUT2D eigenvalue weighted by Gasteiger charge is 2.29. The maximum absolute atomic E-state index is 12.6. The van der Waals surface area contributed by atoms with Crippen LogP contribution >= 0.6 is 94.2 Å². The van der Waals surface area contributed by atoms with E-state index in [0.717, 1.165) is 0 Å². The Kier molecular flexibility index (Phi) is 6.41. The van der Waals surface area contributed by atoms with Crippen molar-refractivity contribution < 1.29 is 9.52 Å². The quantitative estimate of drug-likeness (QED) is 0.123. The maximum Gasteiger partial charge on any atom is 0.210 e. The number of hydrogen-bond acceptors (Lipinski definition) is 3. The van der Waals surface area contributed by atoms with Gasteiger partial charge in [0, 0.05) is 22.1 Å². The first-order valence-corrected chi connectivity index (χ1v) is 12.5. The van der Waals surface area contributed by atoms with Crippen molar-refractivity contribution in [2.45, 2.75) is 13.8 Å². The highest BCUT2D eigenvalue weighted by Crippen LogP contribution is 2.53. The molecule has 10 heteroatoms. The van der Waals surface area contributed by atoms with Gasteiger partial charge in [0.25, 0.3) is 0 Å². The molecule has 0 saturated carbocycles. The van der Waals surface area contributed by atoms with Crippen LogP contribution in [0.5, 0.6) is 5.75 Å². The zero-order valence-electron chi connectivity index (χ0n) is 15.6. The topological polar surface area (TPSA) is 50.4 Å². The molecule has 1 heterocycles. The summed E-state index contributed by atoms with van der Waals surface area (Å²) < 4.78 is 6.98. The normalized spacial score (nSPS) is 11.6. The fourth-order valence-electron chi connectivity index (χ4n) is 3.46. The third-order valence-electron chi connectivity index (χ3n) is 5.01. The predicted octanol–water partition coefficient (Wildman–Crippen LogP) is 9.79. The summed E-state index contributed by atoms with van der Waals surface area (Å²) in [4.78, 5) is 12.6. The Morgan fingerprint density at radius 3 is 2.13 bits per heavy atom. The molecule has 1 aliphatic heterocycles. The molecule has 2 aromatic rings. The van der Waals surface area contributed by atoms with E-state index in [9.17, 15) is 9.90 Å². The highest BCUT2D eigenvalue weighted by atomic mass is 79.9. The SMILES string of the molecule is Cc1cc2c(-c3c(C)c(Cl)c(Cl)c(Cl)c3Cl)c3cc(Br)c(=O)c(Br)c-3oc2c(Br)c1O. The molecule has 0 fully saturated rings. The van der Waals surface area contributed by atoms with Crippen molar-refractivity contribution >= 4 is 105 Å².